The van der Waals surface area contributed by atoms with E-state index < -0.39 is 28.2 Å². The first-order valence-corrected chi connectivity index (χ1v) is 9.95. The van der Waals surface area contributed by atoms with Crippen LogP contribution in [-0.4, -0.2) is 35.9 Å². The number of hydrogen-bond donors (Lipinski definition) is 2. The molecule has 1 aromatic rings. The van der Waals surface area contributed by atoms with Crippen molar-refractivity contribution in [3.05, 3.63) is 29.3 Å². The van der Waals surface area contributed by atoms with E-state index in [2.05, 4.69) is 4.18 Å². The van der Waals surface area contributed by atoms with E-state index in [1.54, 1.807) is 13.0 Å². The SMILES string of the molecule is C[C@@H]1CCCC(=O)CCCC=Cc2cc(OS(=O)(=O)O)cc(O)c2C(=O)O1. The molecule has 27 heavy (non-hydrogen) atoms. The predicted octanol–water partition coefficient (Wildman–Crippen LogP) is 3.06. The Labute approximate surface area is 157 Å². The summed E-state index contributed by atoms with van der Waals surface area (Å²) in [5, 5.41) is 10.2. The van der Waals surface area contributed by atoms with E-state index in [0.717, 1.165) is 6.07 Å². The lowest BCUT2D eigenvalue weighted by Gasteiger charge is -2.16. The van der Waals surface area contributed by atoms with Gasteiger partial charge < -0.3 is 14.0 Å². The summed E-state index contributed by atoms with van der Waals surface area (Å²) in [4.78, 5) is 24.3. The van der Waals surface area contributed by atoms with Gasteiger partial charge in [-0.25, -0.2) is 4.79 Å². The highest BCUT2D eigenvalue weighted by atomic mass is 32.3. The predicted molar refractivity (Wildman–Crippen MR) is 96.9 cm³/mol. The molecule has 0 aliphatic carbocycles. The minimum Gasteiger partial charge on any atom is -0.507 e. The van der Waals surface area contributed by atoms with Crippen LogP contribution >= 0.6 is 0 Å². The van der Waals surface area contributed by atoms with E-state index in [0.29, 0.717) is 38.5 Å². The van der Waals surface area contributed by atoms with Crippen LogP contribution in [0, 0.1) is 0 Å². The molecule has 1 aliphatic heterocycles. The summed E-state index contributed by atoms with van der Waals surface area (Å²) in [5.74, 6) is -1.51. The van der Waals surface area contributed by atoms with E-state index in [9.17, 15) is 23.1 Å². The molecule has 0 fully saturated rings. The molecule has 0 amide bonds. The lowest BCUT2D eigenvalue weighted by atomic mass is 10.0. The first-order chi connectivity index (χ1) is 12.7. The fraction of sp³-hybridized carbons (Fsp3) is 0.444. The molecule has 1 heterocycles. The molecule has 0 saturated heterocycles. The normalized spacial score (nSPS) is 19.7. The summed E-state index contributed by atoms with van der Waals surface area (Å²) in [5.41, 5.74) is 0.0446. The molecular weight excluding hydrogens is 376 g/mol. The zero-order chi connectivity index (χ0) is 20.0. The molecule has 0 aromatic heterocycles. The number of phenolic OH excluding ortho intramolecular Hbond substituents is 1. The number of carbonyl (C=O) groups excluding carboxylic acids is 2. The average molecular weight is 398 g/mol. The number of Topliss-reactive ketones (excluding diaryl/α,β-unsaturated/α-hetero) is 1. The van der Waals surface area contributed by atoms with Gasteiger partial charge in [0.05, 0.1) is 6.10 Å². The van der Waals surface area contributed by atoms with E-state index in [4.69, 9.17) is 9.29 Å². The molecule has 2 rings (SSSR count). The van der Waals surface area contributed by atoms with Gasteiger partial charge in [-0.05, 0) is 44.2 Å². The van der Waals surface area contributed by atoms with Crippen molar-refractivity contribution in [1.29, 1.82) is 0 Å². The second-order valence-electron chi connectivity index (χ2n) is 6.36. The summed E-state index contributed by atoms with van der Waals surface area (Å²) >= 11 is 0. The van der Waals surface area contributed by atoms with Crippen molar-refractivity contribution < 1.29 is 36.6 Å². The number of aromatic hydroxyl groups is 1. The molecule has 1 aromatic carbocycles. The van der Waals surface area contributed by atoms with E-state index >= 15 is 0 Å². The standard InChI is InChI=1S/C18H22O8S/c1-12-6-5-9-14(19)8-4-2-3-7-13-10-15(26-27(22,23)24)11-16(20)17(13)18(21)25-12/h3,7,10-12,20H,2,4-6,8-9H2,1H3,(H,22,23,24)/t12-/m1/s1. The Bertz CT molecular complexity index is 841. The topological polar surface area (TPSA) is 127 Å². The number of rotatable bonds is 2. The van der Waals surface area contributed by atoms with Gasteiger partial charge >= 0.3 is 16.4 Å². The van der Waals surface area contributed by atoms with Crippen molar-refractivity contribution in [2.75, 3.05) is 0 Å². The molecule has 0 saturated carbocycles. The first-order valence-electron chi connectivity index (χ1n) is 8.59. The number of ether oxygens (including phenoxy) is 1. The van der Waals surface area contributed by atoms with Crippen molar-refractivity contribution in [1.82, 2.24) is 0 Å². The van der Waals surface area contributed by atoms with E-state index in [1.165, 1.54) is 12.1 Å². The maximum Gasteiger partial charge on any atom is 0.446 e. The van der Waals surface area contributed by atoms with Gasteiger partial charge in [-0.2, -0.15) is 8.42 Å². The number of fused-ring (bicyclic) bond motifs is 1. The smallest absolute Gasteiger partial charge is 0.446 e. The summed E-state index contributed by atoms with van der Waals surface area (Å²) in [6, 6.07) is 2.11. The Kier molecular flexibility index (Phi) is 6.98. The first kappa shape index (κ1) is 20.9. The summed E-state index contributed by atoms with van der Waals surface area (Å²) in [6.07, 6.45) is 5.93. The molecule has 0 spiro atoms. The van der Waals surface area contributed by atoms with Crippen LogP contribution in [0.15, 0.2) is 18.2 Å². The second-order valence-corrected chi connectivity index (χ2v) is 7.38. The quantitative estimate of drug-likeness (QED) is 0.575. The van der Waals surface area contributed by atoms with E-state index in [-0.39, 0.29) is 22.7 Å². The van der Waals surface area contributed by atoms with Crippen LogP contribution in [0.4, 0.5) is 0 Å². The molecule has 0 unspecified atom stereocenters. The number of phenols is 1. The average Bonchev–Trinajstić information content (AvgIpc) is 2.51. The second kappa shape index (κ2) is 9.01. The summed E-state index contributed by atoms with van der Waals surface area (Å²) in [7, 11) is -4.79. The maximum absolute atomic E-state index is 12.5. The van der Waals surface area contributed by atoms with Gasteiger partial charge in [0.1, 0.15) is 22.8 Å². The molecular formula is C18H22O8S. The van der Waals surface area contributed by atoms with Crippen LogP contribution in [0.3, 0.4) is 0 Å². The number of benzene rings is 1. The lowest BCUT2D eigenvalue weighted by molar-refractivity contribution is -0.119. The van der Waals surface area contributed by atoms with Crippen molar-refractivity contribution in [3.63, 3.8) is 0 Å². The Morgan fingerprint density at radius 2 is 1.89 bits per heavy atom. The summed E-state index contributed by atoms with van der Waals surface area (Å²) < 4.78 is 40.3. The molecule has 1 aliphatic rings. The fourth-order valence-corrected chi connectivity index (χ4v) is 3.12. The Morgan fingerprint density at radius 3 is 2.59 bits per heavy atom. The Balaban J connectivity index is 2.40. The van der Waals surface area contributed by atoms with Crippen LogP contribution < -0.4 is 4.18 Å². The zero-order valence-electron chi connectivity index (χ0n) is 14.9. The number of hydrogen-bond acceptors (Lipinski definition) is 7. The minimum absolute atomic E-state index is 0.131. The van der Waals surface area contributed by atoms with Crippen molar-refractivity contribution in [2.24, 2.45) is 0 Å². The van der Waals surface area contributed by atoms with Crippen LogP contribution in [0.2, 0.25) is 0 Å². The van der Waals surface area contributed by atoms with Crippen molar-refractivity contribution in [2.45, 2.75) is 51.6 Å². The largest absolute Gasteiger partial charge is 0.507 e. The molecule has 0 bridgehead atoms. The Hall–Kier alpha value is -2.39. The van der Waals surface area contributed by atoms with Crippen molar-refractivity contribution >= 4 is 28.2 Å². The molecule has 148 valence electrons. The van der Waals surface area contributed by atoms with Crippen LogP contribution in [-0.2, 0) is 19.9 Å². The number of cyclic esters (lactones) is 1. The van der Waals surface area contributed by atoms with Gasteiger partial charge in [-0.15, -0.1) is 0 Å². The number of allylic oxidation sites excluding steroid dienone is 1. The van der Waals surface area contributed by atoms with Crippen LogP contribution in [0.1, 0.15) is 61.4 Å². The van der Waals surface area contributed by atoms with Gasteiger partial charge in [-0.1, -0.05) is 12.2 Å². The Morgan fingerprint density at radius 1 is 1.19 bits per heavy atom. The van der Waals surface area contributed by atoms with Gasteiger partial charge in [0.15, 0.2) is 0 Å². The summed E-state index contributed by atoms with van der Waals surface area (Å²) in [6.45, 7) is 1.69. The minimum atomic E-state index is -4.79. The third-order valence-corrected chi connectivity index (χ3v) is 4.43. The highest BCUT2D eigenvalue weighted by molar-refractivity contribution is 7.81. The molecule has 0 radical (unpaired) electrons. The number of ketones is 1. The van der Waals surface area contributed by atoms with Gasteiger partial charge in [-0.3, -0.25) is 9.35 Å². The third kappa shape index (κ3) is 6.69. The number of esters is 1. The maximum atomic E-state index is 12.5. The van der Waals surface area contributed by atoms with Crippen LogP contribution in [0.5, 0.6) is 11.5 Å². The monoisotopic (exact) mass is 398 g/mol. The van der Waals surface area contributed by atoms with Gasteiger partial charge in [0.25, 0.3) is 0 Å². The molecule has 9 heteroatoms. The molecule has 8 nitrogen and oxygen atoms in total. The van der Waals surface area contributed by atoms with Gasteiger partial charge in [0.2, 0.25) is 0 Å². The zero-order valence-corrected chi connectivity index (χ0v) is 15.7. The van der Waals surface area contributed by atoms with Gasteiger partial charge in [0, 0.05) is 18.9 Å². The highest BCUT2D eigenvalue weighted by Gasteiger charge is 2.22. The van der Waals surface area contributed by atoms with Crippen molar-refractivity contribution in [3.8, 4) is 11.5 Å². The number of carbonyl (C=O) groups is 2. The fourth-order valence-electron chi connectivity index (χ4n) is 2.79. The lowest BCUT2D eigenvalue weighted by Crippen LogP contribution is -2.17. The molecule has 1 atom stereocenters. The van der Waals surface area contributed by atoms with E-state index in [1.807, 2.05) is 0 Å². The highest BCUT2D eigenvalue weighted by Crippen LogP contribution is 2.31. The molecule has 2 N–H and O–H groups in total. The van der Waals surface area contributed by atoms with Crippen LogP contribution in [0.25, 0.3) is 6.08 Å². The third-order valence-electron chi connectivity index (χ3n) is 4.03.